The summed E-state index contributed by atoms with van der Waals surface area (Å²) in [6.45, 7) is 1.96. The van der Waals surface area contributed by atoms with Gasteiger partial charge in [0.05, 0.1) is 10.6 Å². The molecule has 186 valence electrons. The highest BCUT2D eigenvalue weighted by atomic mass is 35.5. The van der Waals surface area contributed by atoms with Crippen molar-refractivity contribution in [2.24, 2.45) is 0 Å². The van der Waals surface area contributed by atoms with E-state index < -0.39 is 11.2 Å². The maximum atomic E-state index is 13.4. The maximum Gasteiger partial charge on any atom is 0.337 e. The second-order valence-corrected chi connectivity index (χ2v) is 9.83. The molecule has 37 heavy (non-hydrogen) atoms. The van der Waals surface area contributed by atoms with Gasteiger partial charge < -0.3 is 15.7 Å². The average molecular weight is 531 g/mol. The largest absolute Gasteiger partial charge is 0.478 e. The fraction of sp³-hybridized carbons (Fsp3) is 0.0690. The van der Waals surface area contributed by atoms with Crippen LogP contribution in [0.3, 0.4) is 0 Å². The number of aromatic carboxylic acids is 1. The highest BCUT2D eigenvalue weighted by molar-refractivity contribution is 8.00. The Morgan fingerprint density at radius 3 is 2.22 bits per heavy atom. The summed E-state index contributed by atoms with van der Waals surface area (Å²) in [5.74, 6) is -1.74. The van der Waals surface area contributed by atoms with Gasteiger partial charge in [-0.25, -0.2) is 4.79 Å². The molecule has 0 aromatic heterocycles. The van der Waals surface area contributed by atoms with Gasteiger partial charge in [0.15, 0.2) is 0 Å². The fourth-order valence-electron chi connectivity index (χ4n) is 3.57. The molecular weight excluding hydrogens is 508 g/mol. The smallest absolute Gasteiger partial charge is 0.337 e. The normalized spacial score (nSPS) is 11.4. The van der Waals surface area contributed by atoms with Crippen molar-refractivity contribution in [3.05, 3.63) is 124 Å². The minimum absolute atomic E-state index is 0.0870. The quantitative estimate of drug-likeness (QED) is 0.212. The zero-order valence-corrected chi connectivity index (χ0v) is 21.3. The molecule has 0 fully saturated rings. The standard InChI is InChI=1S/C29H23ClN2O4S/c1-18-10-12-20(13-11-18)27(33)31-21-8-5-9-23(16-21)37-26(19-6-3-2-4-7-19)28(34)32-22-14-15-25(30)24(17-22)29(35)36/h2-17,26H,1H3,(H,31,33)(H,32,34)(H,35,36). The number of benzene rings is 4. The van der Waals surface area contributed by atoms with Crippen molar-refractivity contribution in [3.8, 4) is 0 Å². The van der Waals surface area contributed by atoms with Crippen LogP contribution in [-0.4, -0.2) is 22.9 Å². The topological polar surface area (TPSA) is 95.5 Å². The molecule has 0 aliphatic carbocycles. The number of carboxylic acid groups (broad SMARTS) is 1. The third kappa shape index (κ3) is 6.78. The molecule has 3 N–H and O–H groups in total. The van der Waals surface area contributed by atoms with Crippen LogP contribution in [0.25, 0.3) is 0 Å². The molecule has 4 aromatic carbocycles. The number of carbonyl (C=O) groups excluding carboxylic acids is 2. The lowest BCUT2D eigenvalue weighted by Gasteiger charge is -2.18. The number of hydrogen-bond donors (Lipinski definition) is 3. The number of carboxylic acids is 1. The van der Waals surface area contributed by atoms with Gasteiger partial charge in [0.2, 0.25) is 5.91 Å². The summed E-state index contributed by atoms with van der Waals surface area (Å²) < 4.78 is 0. The molecule has 2 amide bonds. The number of hydrogen-bond acceptors (Lipinski definition) is 4. The molecule has 8 heteroatoms. The number of carbonyl (C=O) groups is 3. The Hall–Kier alpha value is -4.07. The summed E-state index contributed by atoms with van der Waals surface area (Å²) in [6, 6.07) is 28.1. The summed E-state index contributed by atoms with van der Waals surface area (Å²) in [4.78, 5) is 38.2. The zero-order chi connectivity index (χ0) is 26.4. The molecule has 0 aliphatic heterocycles. The van der Waals surface area contributed by atoms with Crippen molar-refractivity contribution in [1.29, 1.82) is 0 Å². The molecule has 0 bridgehead atoms. The van der Waals surface area contributed by atoms with Crippen LogP contribution >= 0.6 is 23.4 Å². The Balaban J connectivity index is 1.55. The van der Waals surface area contributed by atoms with Crippen LogP contribution in [0.2, 0.25) is 5.02 Å². The second kappa shape index (κ2) is 11.8. The van der Waals surface area contributed by atoms with Gasteiger partial charge >= 0.3 is 5.97 Å². The second-order valence-electron chi connectivity index (χ2n) is 8.25. The summed E-state index contributed by atoms with van der Waals surface area (Å²) in [6.07, 6.45) is 0. The van der Waals surface area contributed by atoms with Gasteiger partial charge in [-0.15, -0.1) is 11.8 Å². The lowest BCUT2D eigenvalue weighted by molar-refractivity contribution is -0.115. The third-order valence-corrected chi connectivity index (χ3v) is 7.04. The van der Waals surface area contributed by atoms with Gasteiger partial charge in [-0.1, -0.05) is 65.7 Å². The molecule has 1 unspecified atom stereocenters. The minimum atomic E-state index is -1.18. The van der Waals surface area contributed by atoms with Crippen LogP contribution in [0.15, 0.2) is 102 Å². The number of nitrogens with one attached hydrogen (secondary N) is 2. The number of amides is 2. The molecule has 4 rings (SSSR count). The van der Waals surface area contributed by atoms with E-state index in [1.165, 1.54) is 23.9 Å². The monoisotopic (exact) mass is 530 g/mol. The number of thioether (sulfide) groups is 1. The van der Waals surface area contributed by atoms with Gasteiger partial charge in [0.1, 0.15) is 5.25 Å². The Kier molecular flexibility index (Phi) is 8.28. The SMILES string of the molecule is Cc1ccc(C(=O)Nc2cccc(SC(C(=O)Nc3ccc(Cl)c(C(=O)O)c3)c3ccccc3)c2)cc1. The van der Waals surface area contributed by atoms with Gasteiger partial charge in [-0.3, -0.25) is 9.59 Å². The maximum absolute atomic E-state index is 13.4. The molecule has 0 radical (unpaired) electrons. The summed E-state index contributed by atoms with van der Waals surface area (Å²) in [7, 11) is 0. The number of anilines is 2. The van der Waals surface area contributed by atoms with Gasteiger partial charge in [0.25, 0.3) is 5.91 Å². The van der Waals surface area contributed by atoms with E-state index in [2.05, 4.69) is 10.6 Å². The molecule has 1 atom stereocenters. The fourth-order valence-corrected chi connectivity index (χ4v) is 4.85. The lowest BCUT2D eigenvalue weighted by Crippen LogP contribution is -2.19. The first-order valence-electron chi connectivity index (χ1n) is 11.3. The van der Waals surface area contributed by atoms with Crippen LogP contribution in [0.4, 0.5) is 11.4 Å². The number of rotatable bonds is 8. The Labute approximate surface area is 223 Å². The first kappa shape index (κ1) is 26.0. The third-order valence-electron chi connectivity index (χ3n) is 5.46. The van der Waals surface area contributed by atoms with Crippen molar-refractivity contribution >= 4 is 52.5 Å². The first-order valence-corrected chi connectivity index (χ1v) is 12.6. The molecule has 4 aromatic rings. The molecule has 0 saturated carbocycles. The predicted molar refractivity (Wildman–Crippen MR) is 148 cm³/mol. The van der Waals surface area contributed by atoms with Crippen LogP contribution in [0, 0.1) is 6.92 Å². The summed E-state index contributed by atoms with van der Waals surface area (Å²) in [5, 5.41) is 14.5. The van der Waals surface area contributed by atoms with E-state index >= 15 is 0 Å². The van der Waals surface area contributed by atoms with E-state index in [0.29, 0.717) is 16.9 Å². The molecule has 6 nitrogen and oxygen atoms in total. The molecule has 0 aliphatic rings. The van der Waals surface area contributed by atoms with Crippen LogP contribution < -0.4 is 10.6 Å². The van der Waals surface area contributed by atoms with E-state index in [4.69, 9.17) is 11.6 Å². The van der Waals surface area contributed by atoms with Crippen LogP contribution in [0.5, 0.6) is 0 Å². The van der Waals surface area contributed by atoms with Crippen LogP contribution in [-0.2, 0) is 4.79 Å². The Morgan fingerprint density at radius 1 is 0.811 bits per heavy atom. The van der Waals surface area contributed by atoms with Gasteiger partial charge in [-0.05, 0) is 61.0 Å². The minimum Gasteiger partial charge on any atom is -0.478 e. The molecule has 0 saturated heterocycles. The Bertz CT molecular complexity index is 1440. The summed E-state index contributed by atoms with van der Waals surface area (Å²) >= 11 is 7.28. The van der Waals surface area contributed by atoms with Crippen molar-refractivity contribution in [1.82, 2.24) is 0 Å². The predicted octanol–water partition coefficient (Wildman–Crippen LogP) is 7.07. The number of aryl methyl sites for hydroxylation is 1. The van der Waals surface area contributed by atoms with E-state index in [0.717, 1.165) is 16.0 Å². The van der Waals surface area contributed by atoms with Crippen molar-refractivity contribution in [3.63, 3.8) is 0 Å². The zero-order valence-electron chi connectivity index (χ0n) is 19.8. The highest BCUT2D eigenvalue weighted by Crippen LogP contribution is 2.37. The number of halogens is 1. The van der Waals surface area contributed by atoms with Crippen molar-refractivity contribution in [2.75, 3.05) is 10.6 Å². The van der Waals surface area contributed by atoms with Crippen LogP contribution in [0.1, 0.15) is 37.1 Å². The first-order chi connectivity index (χ1) is 17.8. The average Bonchev–Trinajstić information content (AvgIpc) is 2.89. The van der Waals surface area contributed by atoms with Gasteiger partial charge in [-0.2, -0.15) is 0 Å². The highest BCUT2D eigenvalue weighted by Gasteiger charge is 2.23. The molecular formula is C29H23ClN2O4S. The van der Waals surface area contributed by atoms with E-state index in [9.17, 15) is 19.5 Å². The van der Waals surface area contributed by atoms with Crippen molar-refractivity contribution < 1.29 is 19.5 Å². The van der Waals surface area contributed by atoms with Gasteiger partial charge in [0, 0.05) is 21.8 Å². The molecule has 0 spiro atoms. The Morgan fingerprint density at radius 2 is 1.51 bits per heavy atom. The van der Waals surface area contributed by atoms with E-state index in [-0.39, 0.29) is 22.4 Å². The van der Waals surface area contributed by atoms with E-state index in [1.54, 1.807) is 24.3 Å². The lowest BCUT2D eigenvalue weighted by atomic mass is 10.1. The molecule has 0 heterocycles. The van der Waals surface area contributed by atoms with Crippen molar-refractivity contribution in [2.45, 2.75) is 17.1 Å². The summed E-state index contributed by atoms with van der Waals surface area (Å²) in [5.41, 5.74) is 3.22. The van der Waals surface area contributed by atoms with E-state index in [1.807, 2.05) is 67.6 Å².